The van der Waals surface area contributed by atoms with Gasteiger partial charge in [0.2, 0.25) is 0 Å². The molecule has 3 amide bonds. The lowest BCUT2D eigenvalue weighted by molar-refractivity contribution is 0.0892. The molecule has 10 nitrogen and oxygen atoms in total. The lowest BCUT2D eigenvalue weighted by Crippen LogP contribution is -2.55. The molecule has 0 radical (unpaired) electrons. The molecule has 2 aromatic heterocycles. The summed E-state index contributed by atoms with van der Waals surface area (Å²) >= 11 is 3.00. The second-order valence-corrected chi connectivity index (χ2v) is 14.3. The van der Waals surface area contributed by atoms with E-state index < -0.39 is 24.3 Å². The summed E-state index contributed by atoms with van der Waals surface area (Å²) in [5.41, 5.74) is 8.63. The molecule has 50 heavy (non-hydrogen) atoms. The van der Waals surface area contributed by atoms with Gasteiger partial charge in [0.25, 0.3) is 0 Å². The molecule has 3 N–H and O–H groups in total. The van der Waals surface area contributed by atoms with Gasteiger partial charge < -0.3 is 20.1 Å². The van der Waals surface area contributed by atoms with Crippen molar-refractivity contribution < 1.29 is 19.4 Å². The van der Waals surface area contributed by atoms with Crippen molar-refractivity contribution >= 4 is 40.5 Å². The molecule has 0 aliphatic carbocycles. The molecule has 3 aromatic carbocycles. The summed E-state index contributed by atoms with van der Waals surface area (Å²) in [7, 11) is 1.76. The number of hydrogen-bond donors (Lipinski definition) is 3. The average molecular weight is 713 g/mol. The number of benzene rings is 3. The number of amides is 3. The quantitative estimate of drug-likeness (QED) is 0.0927. The third kappa shape index (κ3) is 10.9. The monoisotopic (exact) mass is 712 g/mol. The number of ether oxygens (including phenoxy) is 1. The van der Waals surface area contributed by atoms with Gasteiger partial charge in [0.05, 0.1) is 45.5 Å². The predicted octanol–water partition coefficient (Wildman–Crippen LogP) is 7.19. The molecule has 5 aromatic rings. The molecule has 3 atom stereocenters. The van der Waals surface area contributed by atoms with Crippen molar-refractivity contribution in [3.05, 3.63) is 135 Å². The summed E-state index contributed by atoms with van der Waals surface area (Å²) in [6.45, 7) is 4.63. The van der Waals surface area contributed by atoms with Crippen LogP contribution in [0, 0.1) is 0 Å². The Bertz CT molecular complexity index is 1740. The van der Waals surface area contributed by atoms with Crippen LogP contribution in [0.1, 0.15) is 52.9 Å². The highest BCUT2D eigenvalue weighted by atomic mass is 32.1. The third-order valence-electron chi connectivity index (χ3n) is 8.05. The zero-order valence-electron chi connectivity index (χ0n) is 28.5. The van der Waals surface area contributed by atoms with Gasteiger partial charge in [-0.3, -0.25) is 4.98 Å². The zero-order chi connectivity index (χ0) is 35.3. The standard InChI is InChI=1S/C38H44N6O4S2/c1-27(2)36-40-31(25-49-36)23-43(3)38(47)44(32-17-11-6-12-18-32)42-30(19-28-13-7-4-8-14-28)21-35(45)34(20-29-15-9-5-10-16-29)41-37(46)48-24-33-22-39-26-50-33/h4-18,22,25-27,30,34-35,42,45H,19-21,23-24H2,1-3H3,(H,41,46)/t30-,34-,35-/m0/s1. The summed E-state index contributed by atoms with van der Waals surface area (Å²) in [5.74, 6) is 0.308. The van der Waals surface area contributed by atoms with E-state index in [2.05, 4.69) is 29.6 Å². The van der Waals surface area contributed by atoms with Gasteiger partial charge in [-0.15, -0.1) is 22.7 Å². The lowest BCUT2D eigenvalue weighted by Gasteiger charge is -2.34. The normalized spacial score (nSPS) is 13.0. The maximum absolute atomic E-state index is 14.2. The Balaban J connectivity index is 1.37. The van der Waals surface area contributed by atoms with Gasteiger partial charge in [-0.25, -0.2) is 25.0 Å². The van der Waals surface area contributed by atoms with Crippen molar-refractivity contribution in [3.8, 4) is 0 Å². The van der Waals surface area contributed by atoms with Crippen LogP contribution >= 0.6 is 22.7 Å². The number of alkyl carbamates (subject to hydrolysis) is 1. The van der Waals surface area contributed by atoms with E-state index in [0.29, 0.717) is 31.0 Å². The number of hydrazine groups is 1. The fraction of sp³-hybridized carbons (Fsp3) is 0.316. The highest BCUT2D eigenvalue weighted by molar-refractivity contribution is 7.09. The van der Waals surface area contributed by atoms with Gasteiger partial charge in [0.1, 0.15) is 6.61 Å². The first-order chi connectivity index (χ1) is 24.2. The van der Waals surface area contributed by atoms with Gasteiger partial charge >= 0.3 is 12.1 Å². The maximum atomic E-state index is 14.2. The third-order valence-corrected chi connectivity index (χ3v) is 10.00. The summed E-state index contributed by atoms with van der Waals surface area (Å²) in [6, 6.07) is 27.7. The van der Waals surface area contributed by atoms with Crippen molar-refractivity contribution in [2.75, 3.05) is 12.1 Å². The first-order valence-corrected chi connectivity index (χ1v) is 18.4. The van der Waals surface area contributed by atoms with Crippen molar-refractivity contribution in [2.24, 2.45) is 0 Å². The van der Waals surface area contributed by atoms with Crippen LogP contribution in [0.15, 0.2) is 108 Å². The Morgan fingerprint density at radius 3 is 2.14 bits per heavy atom. The van der Waals surface area contributed by atoms with E-state index in [1.165, 1.54) is 11.3 Å². The minimum Gasteiger partial charge on any atom is -0.444 e. The smallest absolute Gasteiger partial charge is 0.407 e. The first-order valence-electron chi connectivity index (χ1n) is 16.6. The first kappa shape index (κ1) is 36.7. The molecular weight excluding hydrogens is 669 g/mol. The Kier molecular flexibility index (Phi) is 13.5. The number of anilines is 1. The van der Waals surface area contributed by atoms with Gasteiger partial charge in [-0.05, 0) is 42.5 Å². The number of nitrogens with zero attached hydrogens (tertiary/aromatic N) is 4. The Morgan fingerprint density at radius 2 is 1.54 bits per heavy atom. The van der Waals surface area contributed by atoms with Crippen LogP contribution < -0.4 is 15.8 Å². The summed E-state index contributed by atoms with van der Waals surface area (Å²) in [6.07, 6.45) is 1.14. The fourth-order valence-electron chi connectivity index (χ4n) is 5.47. The van der Waals surface area contributed by atoms with Crippen molar-refractivity contribution in [1.29, 1.82) is 0 Å². The molecule has 0 saturated heterocycles. The van der Waals surface area contributed by atoms with Crippen LogP contribution in [0.2, 0.25) is 0 Å². The molecule has 0 aliphatic heterocycles. The Hall–Kier alpha value is -4.62. The molecule has 0 unspecified atom stereocenters. The largest absolute Gasteiger partial charge is 0.444 e. The van der Waals surface area contributed by atoms with Crippen LogP contribution in [0.5, 0.6) is 0 Å². The number of hydrogen-bond acceptors (Lipinski definition) is 9. The number of carbonyl (C=O) groups excluding carboxylic acids is 2. The predicted molar refractivity (Wildman–Crippen MR) is 199 cm³/mol. The van der Waals surface area contributed by atoms with Gasteiger partial charge in [-0.1, -0.05) is 92.7 Å². The highest BCUT2D eigenvalue weighted by Gasteiger charge is 2.29. The minimum atomic E-state index is -0.998. The number of para-hydroxylation sites is 1. The number of aliphatic hydroxyl groups is 1. The highest BCUT2D eigenvalue weighted by Crippen LogP contribution is 2.22. The number of aliphatic hydroxyl groups excluding tert-OH is 1. The molecule has 0 bridgehead atoms. The molecule has 2 heterocycles. The SMILES string of the molecule is CC(C)c1nc(CN(C)C(=O)N(N[C@@H](Cc2ccccc2)C[C@H](O)[C@H](Cc2ccccc2)NC(=O)OCc2cncs2)c2ccccc2)cs1. The minimum absolute atomic E-state index is 0.0875. The van der Waals surface area contributed by atoms with E-state index in [4.69, 9.17) is 9.72 Å². The zero-order valence-corrected chi connectivity index (χ0v) is 30.1. The molecule has 262 valence electrons. The van der Waals surface area contributed by atoms with Gasteiger partial charge in [-0.2, -0.15) is 0 Å². The van der Waals surface area contributed by atoms with Gasteiger partial charge in [0, 0.05) is 30.6 Å². The number of urea groups is 1. The maximum Gasteiger partial charge on any atom is 0.407 e. The Labute approximate surface area is 301 Å². The van der Waals surface area contributed by atoms with Gasteiger partial charge in [0.15, 0.2) is 0 Å². The van der Waals surface area contributed by atoms with E-state index in [1.54, 1.807) is 40.0 Å². The number of nitrogens with one attached hydrogen (secondary N) is 2. The van der Waals surface area contributed by atoms with Crippen LogP contribution in [0.4, 0.5) is 15.3 Å². The summed E-state index contributed by atoms with van der Waals surface area (Å²) < 4.78 is 5.48. The average Bonchev–Trinajstić information content (AvgIpc) is 3.83. The summed E-state index contributed by atoms with van der Waals surface area (Å²) in [5, 5.41) is 19.3. The van der Waals surface area contributed by atoms with Crippen molar-refractivity contribution in [2.45, 2.75) is 70.4 Å². The van der Waals surface area contributed by atoms with E-state index in [1.807, 2.05) is 96.4 Å². The van der Waals surface area contributed by atoms with Crippen molar-refractivity contribution in [3.63, 3.8) is 0 Å². The fourth-order valence-corrected chi connectivity index (χ4v) is 6.80. The van der Waals surface area contributed by atoms with Crippen molar-refractivity contribution in [1.82, 2.24) is 25.6 Å². The Morgan fingerprint density at radius 1 is 0.900 bits per heavy atom. The number of aromatic nitrogens is 2. The van der Waals surface area contributed by atoms with E-state index >= 15 is 0 Å². The molecule has 0 fully saturated rings. The van der Waals surface area contributed by atoms with E-state index in [0.717, 1.165) is 26.7 Å². The van der Waals surface area contributed by atoms with Crippen LogP contribution in [-0.2, 0) is 30.7 Å². The van der Waals surface area contributed by atoms with Crippen LogP contribution in [0.25, 0.3) is 0 Å². The summed E-state index contributed by atoms with van der Waals surface area (Å²) in [4.78, 5) is 38.4. The second kappa shape index (κ2) is 18.4. The molecule has 0 aliphatic rings. The molecular formula is C38H44N6O4S2. The van der Waals surface area contributed by atoms with Crippen LogP contribution in [0.3, 0.4) is 0 Å². The lowest BCUT2D eigenvalue weighted by atomic mass is 9.94. The molecule has 12 heteroatoms. The molecule has 5 rings (SSSR count). The number of thiazole rings is 2. The molecule has 0 spiro atoms. The number of carbonyl (C=O) groups is 2. The van der Waals surface area contributed by atoms with E-state index in [9.17, 15) is 14.7 Å². The van der Waals surface area contributed by atoms with Crippen LogP contribution in [-0.4, -0.2) is 57.3 Å². The second-order valence-electron chi connectivity index (χ2n) is 12.4. The number of rotatable bonds is 16. The topological polar surface area (TPSA) is 120 Å². The van der Waals surface area contributed by atoms with E-state index in [-0.39, 0.29) is 19.1 Å². The molecule has 0 saturated carbocycles.